The number of carboxylic acid groups (broad SMARTS) is 2. The van der Waals surface area contributed by atoms with Crippen LogP contribution in [0.15, 0.2) is 0 Å². The molecule has 0 aliphatic carbocycles. The minimum absolute atomic E-state index is 0.0549. The number of rotatable bonds is 80. The Kier molecular flexibility index (Phi) is 66.7. The van der Waals surface area contributed by atoms with Crippen LogP contribution >= 0.6 is 0 Å². The van der Waals surface area contributed by atoms with Crippen LogP contribution in [0.1, 0.15) is 414 Å². The molecule has 0 saturated carbocycles. The summed E-state index contributed by atoms with van der Waals surface area (Å²) in [6, 6.07) is 0. The molecule has 13 nitrogen and oxygen atoms in total. The summed E-state index contributed by atoms with van der Waals surface area (Å²) in [6.45, 7) is 20.2. The number of carboxylic acids is 2. The molecule has 0 spiro atoms. The first-order chi connectivity index (χ1) is 49.5. The summed E-state index contributed by atoms with van der Waals surface area (Å²) in [6.07, 6.45) is 68.6. The maximum atomic E-state index is 15.4. The van der Waals surface area contributed by atoms with Crippen LogP contribution in [-0.2, 0) is 24.0 Å². The summed E-state index contributed by atoms with van der Waals surface area (Å²) >= 11 is 0. The fourth-order valence-corrected chi connectivity index (χ4v) is 16.1. The monoisotopic (exact) mass is 1460 g/mol. The SMILES string of the molecule is CCCCCCCCCCCCCCCCC(C)CCC(C(=O)NCCC[N+](C)(C)CCC(=O)O)C(CCCCCCCCCCCCCCCC)CCC(C(=O)NCCC[N+](C)(C)CCCC)C(CCCCCCCCCCCCCCCC)CCC(C)C(=O)NCCC[N+](C)(C)CCC(=O)O. The second kappa shape index (κ2) is 68.5. The molecule has 0 radical (unpaired) electrons. The lowest BCUT2D eigenvalue weighted by atomic mass is 9.74. The molecule has 0 aromatic heterocycles. The second-order valence-corrected chi connectivity index (χ2v) is 35.3. The zero-order valence-electron chi connectivity index (χ0n) is 71.1. The molecule has 5 N–H and O–H groups in total. The van der Waals surface area contributed by atoms with Gasteiger partial charge in [0.2, 0.25) is 17.7 Å². The van der Waals surface area contributed by atoms with Crippen molar-refractivity contribution in [1.29, 1.82) is 0 Å². The van der Waals surface area contributed by atoms with Crippen molar-refractivity contribution in [2.24, 2.45) is 35.5 Å². The van der Waals surface area contributed by atoms with E-state index in [4.69, 9.17) is 0 Å². The number of unbranched alkanes of at least 4 members (excludes halogenated alkanes) is 40. The van der Waals surface area contributed by atoms with E-state index in [1.165, 1.54) is 270 Å². The first-order valence-electron chi connectivity index (χ1n) is 45.3. The number of carbonyl (C=O) groups excluding carboxylic acids is 3. The second-order valence-electron chi connectivity index (χ2n) is 35.3. The van der Waals surface area contributed by atoms with E-state index in [0.717, 1.165) is 114 Å². The third kappa shape index (κ3) is 63.8. The lowest BCUT2D eigenvalue weighted by molar-refractivity contribution is -0.890. The highest BCUT2D eigenvalue weighted by Crippen LogP contribution is 2.37. The molecule has 6 atom stereocenters. The number of amides is 3. The third-order valence-electron chi connectivity index (χ3n) is 23.7. The summed E-state index contributed by atoms with van der Waals surface area (Å²) in [5, 5.41) is 29.2. The van der Waals surface area contributed by atoms with Crippen molar-refractivity contribution in [2.45, 2.75) is 414 Å². The number of hydrogen-bond acceptors (Lipinski definition) is 5. The molecule has 13 heteroatoms. The first kappa shape index (κ1) is 100. The average Bonchev–Trinajstić information content (AvgIpc) is 0.864. The fraction of sp³-hybridized carbons (Fsp3) is 0.944. The molecule has 103 heavy (non-hydrogen) atoms. The van der Waals surface area contributed by atoms with Crippen molar-refractivity contribution in [3.8, 4) is 0 Å². The minimum Gasteiger partial charge on any atom is -0.481 e. The van der Waals surface area contributed by atoms with E-state index in [0.29, 0.717) is 54.0 Å². The van der Waals surface area contributed by atoms with Crippen molar-refractivity contribution < 1.29 is 47.6 Å². The number of quaternary nitrogens is 3. The highest BCUT2D eigenvalue weighted by atomic mass is 16.4. The highest BCUT2D eigenvalue weighted by molar-refractivity contribution is 5.80. The van der Waals surface area contributed by atoms with E-state index in [1.54, 1.807) is 0 Å². The van der Waals surface area contributed by atoms with Gasteiger partial charge in [-0.05, 0) is 75.5 Å². The molecule has 0 fully saturated rings. The number of aliphatic carboxylic acids is 2. The van der Waals surface area contributed by atoms with Crippen molar-refractivity contribution in [1.82, 2.24) is 16.0 Å². The molecule has 0 bridgehead atoms. The first-order valence-corrected chi connectivity index (χ1v) is 45.3. The molecular weight excluding hydrogens is 1280 g/mol. The maximum Gasteiger partial charge on any atom is 0.309 e. The van der Waals surface area contributed by atoms with Crippen LogP contribution in [0.3, 0.4) is 0 Å². The van der Waals surface area contributed by atoms with Crippen molar-refractivity contribution in [2.75, 3.05) is 101 Å². The van der Waals surface area contributed by atoms with Gasteiger partial charge in [0.25, 0.3) is 0 Å². The number of nitrogens with zero attached hydrogens (tertiary/aromatic N) is 3. The Hall–Kier alpha value is -2.77. The van der Waals surface area contributed by atoms with Gasteiger partial charge in [-0.3, -0.25) is 24.0 Å². The summed E-state index contributed by atoms with van der Waals surface area (Å²) in [4.78, 5) is 67.7. The largest absolute Gasteiger partial charge is 0.481 e. The molecule has 3 amide bonds. The van der Waals surface area contributed by atoms with E-state index in [1.807, 2.05) is 0 Å². The number of hydrogen-bond donors (Lipinski definition) is 5. The standard InChI is InChI=1S/C90H178N6O7/c1-13-17-21-24-27-30-33-36-39-42-45-48-51-54-60-80(5)63-67-84(89(102)92-73-59-77-96(11,12)79-70-87(99)100)83(62-56-53-50-47-44-41-38-35-32-29-26-23-19-15-3)66-68-85(90(103)93-72-58-75-94(7,8)74-20-16-4)82(61-55-52-49-46-43-40-37-34-31-28-25-22-18-14-2)65-64-81(6)88(101)91-71-57-76-95(9,10)78-69-86(97)98/h80-85H,13-79H2,1-12H3,(H2-3,91,92,93,97,98,99,100,101,102,103)/p+3. The van der Waals surface area contributed by atoms with Gasteiger partial charge in [-0.25, -0.2) is 0 Å². The normalized spacial score (nSPS) is 13.9. The molecule has 0 heterocycles. The molecule has 0 aromatic rings. The maximum absolute atomic E-state index is 15.4. The fourth-order valence-electron chi connectivity index (χ4n) is 16.1. The topological polar surface area (TPSA) is 162 Å². The summed E-state index contributed by atoms with van der Waals surface area (Å²) in [5.41, 5.74) is 0. The molecule has 6 unspecified atom stereocenters. The van der Waals surface area contributed by atoms with E-state index in [9.17, 15) is 24.6 Å². The van der Waals surface area contributed by atoms with Crippen LogP contribution in [0.25, 0.3) is 0 Å². The van der Waals surface area contributed by atoms with Crippen molar-refractivity contribution >= 4 is 29.7 Å². The molecule has 0 aliphatic heterocycles. The van der Waals surface area contributed by atoms with Gasteiger partial charge >= 0.3 is 11.9 Å². The number of nitrogens with one attached hydrogen (secondary N) is 3. The van der Waals surface area contributed by atoms with Gasteiger partial charge in [-0.2, -0.15) is 0 Å². The zero-order chi connectivity index (χ0) is 76.3. The molecule has 610 valence electrons. The smallest absolute Gasteiger partial charge is 0.309 e. The van der Waals surface area contributed by atoms with E-state index >= 15 is 9.59 Å². The van der Waals surface area contributed by atoms with Gasteiger partial charge in [0.1, 0.15) is 0 Å². The minimum atomic E-state index is -0.783. The average molecular weight is 1460 g/mol. The summed E-state index contributed by atoms with van der Waals surface area (Å²) < 4.78 is 2.14. The Morgan fingerprint density at radius 2 is 0.505 bits per heavy atom. The van der Waals surface area contributed by atoms with Gasteiger partial charge in [0.15, 0.2) is 0 Å². The quantitative estimate of drug-likeness (QED) is 0.0299. The van der Waals surface area contributed by atoms with Crippen LogP contribution in [0, 0.1) is 35.5 Å². The summed E-state index contributed by atoms with van der Waals surface area (Å²) in [7, 11) is 13.0. The Balaban J connectivity index is 7.18. The van der Waals surface area contributed by atoms with Crippen molar-refractivity contribution in [3.05, 3.63) is 0 Å². The molecule has 0 rings (SSSR count). The third-order valence-corrected chi connectivity index (χ3v) is 23.7. The van der Waals surface area contributed by atoms with Crippen molar-refractivity contribution in [3.63, 3.8) is 0 Å². The molecule has 0 aliphatic rings. The van der Waals surface area contributed by atoms with E-state index in [2.05, 4.69) is 99.8 Å². The highest BCUT2D eigenvalue weighted by Gasteiger charge is 2.34. The van der Waals surface area contributed by atoms with Crippen LogP contribution in [0.4, 0.5) is 0 Å². The molecule has 0 aromatic carbocycles. The predicted molar refractivity (Wildman–Crippen MR) is 443 cm³/mol. The van der Waals surface area contributed by atoms with Crippen LogP contribution in [0.2, 0.25) is 0 Å². The lowest BCUT2D eigenvalue weighted by Crippen LogP contribution is -2.44. The predicted octanol–water partition coefficient (Wildman–Crippen LogP) is 23.2. The van der Waals surface area contributed by atoms with Gasteiger partial charge in [0.05, 0.1) is 94.4 Å². The summed E-state index contributed by atoms with van der Waals surface area (Å²) in [5.74, 6) is -0.993. The number of carbonyl (C=O) groups is 5. The van der Waals surface area contributed by atoms with E-state index < -0.39 is 11.9 Å². The Morgan fingerprint density at radius 3 is 0.806 bits per heavy atom. The van der Waals surface area contributed by atoms with Gasteiger partial charge in [-0.15, -0.1) is 0 Å². The Labute approximate surface area is 640 Å². The molecular formula is C90H181N6O7+3. The van der Waals surface area contributed by atoms with E-state index in [-0.39, 0.29) is 60.2 Å². The van der Waals surface area contributed by atoms with Crippen LogP contribution in [0.5, 0.6) is 0 Å². The van der Waals surface area contributed by atoms with Gasteiger partial charge in [-0.1, -0.05) is 324 Å². The molecule has 0 saturated heterocycles. The van der Waals surface area contributed by atoms with Gasteiger partial charge < -0.3 is 39.6 Å². The zero-order valence-corrected chi connectivity index (χ0v) is 71.1. The Bertz CT molecular complexity index is 1970. The van der Waals surface area contributed by atoms with Crippen LogP contribution < -0.4 is 16.0 Å². The van der Waals surface area contributed by atoms with Crippen LogP contribution in [-0.4, -0.2) is 155 Å². The lowest BCUT2D eigenvalue weighted by Gasteiger charge is -2.32. The van der Waals surface area contributed by atoms with Gasteiger partial charge in [0, 0.05) is 56.7 Å². The Morgan fingerprint density at radius 1 is 0.262 bits per heavy atom.